The lowest BCUT2D eigenvalue weighted by atomic mass is 10.0. The molecule has 0 aliphatic carbocycles. The molecule has 1 heterocycles. The molecule has 0 bridgehead atoms. The Morgan fingerprint density at radius 3 is 2.42 bits per heavy atom. The number of aliphatic hydroxyl groups excluding tert-OH is 1. The second kappa shape index (κ2) is 9.51. The van der Waals surface area contributed by atoms with Crippen molar-refractivity contribution in [2.24, 2.45) is 0 Å². The molecule has 4 rings (SSSR count). The van der Waals surface area contributed by atoms with Gasteiger partial charge in [0.1, 0.15) is 11.9 Å². The van der Waals surface area contributed by atoms with Gasteiger partial charge in [0.25, 0.3) is 10.0 Å². The lowest BCUT2D eigenvalue weighted by Crippen LogP contribution is -2.37. The summed E-state index contributed by atoms with van der Waals surface area (Å²) in [5.74, 6) is 0.687. The van der Waals surface area contributed by atoms with Crippen molar-refractivity contribution in [3.63, 3.8) is 0 Å². The summed E-state index contributed by atoms with van der Waals surface area (Å²) in [5, 5.41) is 13.1. The number of ether oxygens (including phenoxy) is 1. The van der Waals surface area contributed by atoms with Gasteiger partial charge in [-0.25, -0.2) is 8.42 Å². The Morgan fingerprint density at radius 1 is 1.00 bits per heavy atom. The zero-order valence-electron chi connectivity index (χ0n) is 17.1. The third kappa shape index (κ3) is 5.25. The van der Waals surface area contributed by atoms with E-state index in [1.54, 1.807) is 42.5 Å². The van der Waals surface area contributed by atoms with Gasteiger partial charge in [-0.2, -0.15) is 0 Å². The largest absolute Gasteiger partial charge is 0.489 e. The molecule has 2 atom stereocenters. The van der Waals surface area contributed by atoms with Gasteiger partial charge in [-0.05, 0) is 42.2 Å². The lowest BCUT2D eigenvalue weighted by Gasteiger charge is -2.28. The third-order valence-electron chi connectivity index (χ3n) is 5.38. The van der Waals surface area contributed by atoms with Gasteiger partial charge in [-0.15, -0.1) is 0 Å². The van der Waals surface area contributed by atoms with Crippen LogP contribution < -0.4 is 14.8 Å². The van der Waals surface area contributed by atoms with Crippen LogP contribution in [-0.4, -0.2) is 32.8 Å². The smallest absolute Gasteiger partial charge is 0.261 e. The Hall–Kier alpha value is -2.87. The molecule has 3 N–H and O–H groups in total. The number of anilines is 1. The Labute approximate surface area is 182 Å². The van der Waals surface area contributed by atoms with Crippen LogP contribution in [0.1, 0.15) is 23.6 Å². The average Bonchev–Trinajstić information content (AvgIpc) is 2.80. The van der Waals surface area contributed by atoms with Gasteiger partial charge in [0, 0.05) is 12.6 Å². The monoisotopic (exact) mass is 438 g/mol. The highest BCUT2D eigenvalue weighted by Crippen LogP contribution is 2.31. The average molecular weight is 439 g/mol. The molecule has 0 amide bonds. The molecule has 1 unspecified atom stereocenters. The molecule has 0 saturated heterocycles. The molecule has 0 aromatic heterocycles. The van der Waals surface area contributed by atoms with Crippen LogP contribution in [0.2, 0.25) is 0 Å². The molecule has 6 nitrogen and oxygen atoms in total. The van der Waals surface area contributed by atoms with Crippen LogP contribution in [0.15, 0.2) is 83.8 Å². The van der Waals surface area contributed by atoms with E-state index in [1.165, 1.54) is 0 Å². The van der Waals surface area contributed by atoms with E-state index < -0.39 is 10.0 Å². The molecule has 1 aliphatic rings. The molecule has 7 heteroatoms. The number of aliphatic hydroxyl groups is 1. The van der Waals surface area contributed by atoms with Gasteiger partial charge in [0.2, 0.25) is 0 Å². The Morgan fingerprint density at radius 2 is 1.71 bits per heavy atom. The fourth-order valence-corrected chi connectivity index (χ4v) is 4.76. The highest BCUT2D eigenvalue weighted by molar-refractivity contribution is 7.92. The van der Waals surface area contributed by atoms with E-state index in [0.717, 1.165) is 24.0 Å². The summed E-state index contributed by atoms with van der Waals surface area (Å²) in [6, 6.07) is 23.3. The zero-order chi connectivity index (χ0) is 21.7. The third-order valence-corrected chi connectivity index (χ3v) is 6.78. The molecular formula is C24H26N2O4S. The van der Waals surface area contributed by atoms with E-state index in [2.05, 4.69) is 10.0 Å². The number of fused-ring (bicyclic) bond motifs is 1. The van der Waals surface area contributed by atoms with Crippen molar-refractivity contribution < 1.29 is 18.3 Å². The normalized spacial score (nSPS) is 16.7. The zero-order valence-corrected chi connectivity index (χ0v) is 17.9. The number of benzene rings is 3. The van der Waals surface area contributed by atoms with Crippen LogP contribution in [-0.2, 0) is 16.4 Å². The molecule has 162 valence electrons. The predicted octanol–water partition coefficient (Wildman–Crippen LogP) is 3.50. The molecule has 0 saturated carbocycles. The van der Waals surface area contributed by atoms with E-state index in [0.29, 0.717) is 18.0 Å². The first-order chi connectivity index (χ1) is 15.0. The van der Waals surface area contributed by atoms with Crippen molar-refractivity contribution in [1.29, 1.82) is 0 Å². The van der Waals surface area contributed by atoms with E-state index in [4.69, 9.17) is 4.74 Å². The summed E-state index contributed by atoms with van der Waals surface area (Å²) in [6.07, 6.45) is 1.64. The first-order valence-electron chi connectivity index (χ1n) is 10.3. The van der Waals surface area contributed by atoms with Crippen LogP contribution in [0, 0.1) is 0 Å². The van der Waals surface area contributed by atoms with E-state index in [-0.39, 0.29) is 23.6 Å². The van der Waals surface area contributed by atoms with Crippen LogP contribution in [0.4, 0.5) is 5.69 Å². The molecule has 3 aromatic rings. The predicted molar refractivity (Wildman–Crippen MR) is 121 cm³/mol. The van der Waals surface area contributed by atoms with Gasteiger partial charge in [0.05, 0.1) is 23.2 Å². The minimum absolute atomic E-state index is 0.00126. The van der Waals surface area contributed by atoms with Crippen LogP contribution in [0.3, 0.4) is 0 Å². The van der Waals surface area contributed by atoms with Gasteiger partial charge in [-0.3, -0.25) is 4.72 Å². The first-order valence-corrected chi connectivity index (χ1v) is 11.8. The summed E-state index contributed by atoms with van der Waals surface area (Å²) in [5.41, 5.74) is 2.55. The van der Waals surface area contributed by atoms with Crippen molar-refractivity contribution in [3.05, 3.63) is 90.0 Å². The van der Waals surface area contributed by atoms with E-state index >= 15 is 0 Å². The molecule has 0 fully saturated rings. The maximum atomic E-state index is 12.6. The van der Waals surface area contributed by atoms with Gasteiger partial charge < -0.3 is 15.2 Å². The fourth-order valence-electron chi connectivity index (χ4n) is 3.69. The van der Waals surface area contributed by atoms with Crippen molar-refractivity contribution >= 4 is 15.7 Å². The number of sulfonamides is 1. The summed E-state index contributed by atoms with van der Waals surface area (Å²) in [7, 11) is -3.65. The van der Waals surface area contributed by atoms with Crippen molar-refractivity contribution in [1.82, 2.24) is 5.32 Å². The molecule has 0 spiro atoms. The standard InChI is InChI=1S/C24H26N2O4S/c27-17-23(18-7-3-1-4-8-18)25-16-21-14-12-19-11-13-20(15-24(19)30-21)26-31(28,29)22-9-5-2-6-10-22/h1-11,13,15,21,23,25-27H,12,14,16-17H2/t21?,23-/m1/s1. The molecule has 31 heavy (non-hydrogen) atoms. The lowest BCUT2D eigenvalue weighted by molar-refractivity contribution is 0.156. The Kier molecular flexibility index (Phi) is 6.56. The number of aryl methyl sites for hydroxylation is 1. The van der Waals surface area contributed by atoms with E-state index in [9.17, 15) is 13.5 Å². The summed E-state index contributed by atoms with van der Waals surface area (Å²) < 4.78 is 34.0. The molecule has 3 aromatic carbocycles. The molecular weight excluding hydrogens is 412 g/mol. The van der Waals surface area contributed by atoms with Crippen molar-refractivity contribution in [2.45, 2.75) is 29.9 Å². The minimum atomic E-state index is -3.65. The van der Waals surface area contributed by atoms with E-state index in [1.807, 2.05) is 36.4 Å². The maximum Gasteiger partial charge on any atom is 0.261 e. The Balaban J connectivity index is 1.42. The SMILES string of the molecule is O=S(=O)(Nc1ccc2c(c1)OC(CN[C@H](CO)c1ccccc1)CC2)c1ccccc1. The number of nitrogens with one attached hydrogen (secondary N) is 2. The fraction of sp³-hybridized carbons (Fsp3) is 0.250. The summed E-state index contributed by atoms with van der Waals surface area (Å²) in [6.45, 7) is 0.582. The highest BCUT2D eigenvalue weighted by Gasteiger charge is 2.22. The number of hydrogen-bond donors (Lipinski definition) is 3. The number of rotatable bonds is 8. The van der Waals surface area contributed by atoms with Gasteiger partial charge in [0.15, 0.2) is 0 Å². The maximum absolute atomic E-state index is 12.6. The molecule has 1 aliphatic heterocycles. The van der Waals surface area contributed by atoms with Crippen LogP contribution in [0.5, 0.6) is 5.75 Å². The topological polar surface area (TPSA) is 87.7 Å². The first kappa shape index (κ1) is 21.4. The summed E-state index contributed by atoms with van der Waals surface area (Å²) >= 11 is 0. The summed E-state index contributed by atoms with van der Waals surface area (Å²) in [4.78, 5) is 0.215. The van der Waals surface area contributed by atoms with Crippen LogP contribution >= 0.6 is 0 Å². The van der Waals surface area contributed by atoms with Gasteiger partial charge >= 0.3 is 0 Å². The highest BCUT2D eigenvalue weighted by atomic mass is 32.2. The molecule has 0 radical (unpaired) electrons. The Bertz CT molecular complexity index is 1100. The quantitative estimate of drug-likeness (QED) is 0.501. The van der Waals surface area contributed by atoms with Gasteiger partial charge in [-0.1, -0.05) is 54.6 Å². The second-order valence-electron chi connectivity index (χ2n) is 7.57. The second-order valence-corrected chi connectivity index (χ2v) is 9.26. The van der Waals surface area contributed by atoms with Crippen LogP contribution in [0.25, 0.3) is 0 Å². The minimum Gasteiger partial charge on any atom is -0.489 e. The number of hydrogen-bond acceptors (Lipinski definition) is 5. The van der Waals surface area contributed by atoms with Crippen molar-refractivity contribution in [3.8, 4) is 5.75 Å². The van der Waals surface area contributed by atoms with Crippen molar-refractivity contribution in [2.75, 3.05) is 17.9 Å².